The van der Waals surface area contributed by atoms with Crippen LogP contribution in [-0.4, -0.2) is 67.0 Å². The average Bonchev–Trinajstić information content (AvgIpc) is 2.68. The molecule has 8 nitrogen and oxygen atoms in total. The fourth-order valence-corrected chi connectivity index (χ4v) is 3.53. The first kappa shape index (κ1) is 19.9. The number of carbonyl (C=O) groups is 3. The Bertz CT molecular complexity index is 770. The topological polar surface area (TPSA) is 91.0 Å². The zero-order valence-electron chi connectivity index (χ0n) is 16.2. The van der Waals surface area contributed by atoms with Gasteiger partial charge in [0.2, 0.25) is 5.91 Å². The van der Waals surface area contributed by atoms with Gasteiger partial charge in [-0.05, 0) is 12.5 Å². The Morgan fingerprint density at radius 3 is 2.43 bits per heavy atom. The minimum atomic E-state index is -0.567. The van der Waals surface area contributed by atoms with Crippen molar-refractivity contribution in [2.45, 2.75) is 19.9 Å². The van der Waals surface area contributed by atoms with Crippen LogP contribution in [0.15, 0.2) is 41.6 Å². The SMILES string of the molecule is CCOC(=O)C1=C(CN2CCN(C(C)=O)CC2)NC(=O)N[C@H]1c1ccccc1. The van der Waals surface area contributed by atoms with Gasteiger partial charge < -0.3 is 20.3 Å². The van der Waals surface area contributed by atoms with Crippen LogP contribution in [0.3, 0.4) is 0 Å². The van der Waals surface area contributed by atoms with Crippen LogP contribution in [0, 0.1) is 0 Å². The number of urea groups is 1. The number of piperazine rings is 1. The highest BCUT2D eigenvalue weighted by atomic mass is 16.5. The van der Waals surface area contributed by atoms with Gasteiger partial charge in [0.25, 0.3) is 0 Å². The third kappa shape index (κ3) is 4.51. The number of ether oxygens (including phenoxy) is 1. The van der Waals surface area contributed by atoms with E-state index >= 15 is 0 Å². The molecule has 3 amide bonds. The van der Waals surface area contributed by atoms with E-state index < -0.39 is 12.0 Å². The van der Waals surface area contributed by atoms with E-state index in [-0.39, 0.29) is 18.5 Å². The van der Waals surface area contributed by atoms with Gasteiger partial charge in [0, 0.05) is 45.3 Å². The minimum absolute atomic E-state index is 0.0605. The lowest BCUT2D eigenvalue weighted by molar-refractivity contribution is -0.139. The largest absolute Gasteiger partial charge is 0.463 e. The number of rotatable bonds is 5. The number of nitrogens with zero attached hydrogens (tertiary/aromatic N) is 2. The summed E-state index contributed by atoms with van der Waals surface area (Å²) < 4.78 is 5.28. The van der Waals surface area contributed by atoms with Gasteiger partial charge in [0.05, 0.1) is 18.2 Å². The third-order valence-electron chi connectivity index (χ3n) is 4.98. The van der Waals surface area contributed by atoms with E-state index in [1.165, 1.54) is 0 Å². The monoisotopic (exact) mass is 386 g/mol. The molecule has 1 atom stereocenters. The standard InChI is InChI=1S/C20H26N4O4/c1-3-28-19(26)17-16(13-23-9-11-24(12-10-23)14(2)25)21-20(27)22-18(17)15-7-5-4-6-8-15/h4-8,18H,3,9-13H2,1-2H3,(H2,21,22,27)/t18-/m0/s1. The highest BCUT2D eigenvalue weighted by Crippen LogP contribution is 2.28. The van der Waals surface area contributed by atoms with Gasteiger partial charge in [-0.2, -0.15) is 0 Å². The predicted molar refractivity (Wildman–Crippen MR) is 103 cm³/mol. The molecule has 0 unspecified atom stereocenters. The van der Waals surface area contributed by atoms with Gasteiger partial charge in [-0.3, -0.25) is 9.69 Å². The smallest absolute Gasteiger partial charge is 0.338 e. The summed E-state index contributed by atoms with van der Waals surface area (Å²) in [6.45, 7) is 6.60. The molecule has 2 N–H and O–H groups in total. The maximum absolute atomic E-state index is 12.7. The van der Waals surface area contributed by atoms with Crippen molar-refractivity contribution in [3.8, 4) is 0 Å². The van der Waals surface area contributed by atoms with Crippen molar-refractivity contribution >= 4 is 17.9 Å². The van der Waals surface area contributed by atoms with E-state index in [4.69, 9.17) is 4.74 Å². The first-order chi connectivity index (χ1) is 13.5. The number of carbonyl (C=O) groups excluding carboxylic acids is 3. The van der Waals surface area contributed by atoms with Crippen LogP contribution in [0.1, 0.15) is 25.5 Å². The molecule has 1 aromatic rings. The Balaban J connectivity index is 1.87. The zero-order valence-corrected chi connectivity index (χ0v) is 16.2. The van der Waals surface area contributed by atoms with Crippen molar-refractivity contribution in [2.24, 2.45) is 0 Å². The van der Waals surface area contributed by atoms with Crippen molar-refractivity contribution in [1.29, 1.82) is 0 Å². The van der Waals surface area contributed by atoms with Gasteiger partial charge >= 0.3 is 12.0 Å². The van der Waals surface area contributed by atoms with Crippen molar-refractivity contribution in [1.82, 2.24) is 20.4 Å². The lowest BCUT2D eigenvalue weighted by atomic mass is 9.95. The summed E-state index contributed by atoms with van der Waals surface area (Å²) in [5.74, 6) is -0.383. The van der Waals surface area contributed by atoms with Gasteiger partial charge in [-0.25, -0.2) is 9.59 Å². The van der Waals surface area contributed by atoms with Crippen molar-refractivity contribution in [2.75, 3.05) is 39.3 Å². The number of amides is 3. The lowest BCUT2D eigenvalue weighted by Gasteiger charge is -2.36. The van der Waals surface area contributed by atoms with Crippen molar-refractivity contribution in [3.05, 3.63) is 47.2 Å². The minimum Gasteiger partial charge on any atom is -0.463 e. The number of hydrogen-bond donors (Lipinski definition) is 2. The number of benzene rings is 1. The molecule has 0 radical (unpaired) electrons. The number of nitrogens with one attached hydrogen (secondary N) is 2. The molecule has 8 heteroatoms. The van der Waals surface area contributed by atoms with Crippen LogP contribution in [0.4, 0.5) is 4.79 Å². The van der Waals surface area contributed by atoms with Crippen LogP contribution in [0.5, 0.6) is 0 Å². The molecule has 2 heterocycles. The summed E-state index contributed by atoms with van der Waals surface area (Å²) >= 11 is 0. The van der Waals surface area contributed by atoms with E-state index in [2.05, 4.69) is 15.5 Å². The highest BCUT2D eigenvalue weighted by Gasteiger charge is 2.34. The molecule has 2 aliphatic heterocycles. The lowest BCUT2D eigenvalue weighted by Crippen LogP contribution is -2.52. The van der Waals surface area contributed by atoms with E-state index in [0.717, 1.165) is 5.56 Å². The number of hydrogen-bond acceptors (Lipinski definition) is 5. The Morgan fingerprint density at radius 2 is 1.82 bits per heavy atom. The molecule has 0 saturated carbocycles. The van der Waals surface area contributed by atoms with E-state index in [0.29, 0.717) is 44.0 Å². The summed E-state index contributed by atoms with van der Waals surface area (Å²) in [7, 11) is 0. The molecule has 1 aromatic carbocycles. The van der Waals surface area contributed by atoms with E-state index in [1.807, 2.05) is 30.3 Å². The van der Waals surface area contributed by atoms with Gasteiger partial charge in [0.15, 0.2) is 0 Å². The van der Waals surface area contributed by atoms with Gasteiger partial charge in [-0.15, -0.1) is 0 Å². The van der Waals surface area contributed by atoms with Crippen LogP contribution < -0.4 is 10.6 Å². The van der Waals surface area contributed by atoms with Crippen LogP contribution in [0.2, 0.25) is 0 Å². The Labute approximate surface area is 164 Å². The summed E-state index contributed by atoms with van der Waals surface area (Å²) in [5.41, 5.74) is 1.79. The average molecular weight is 386 g/mol. The summed E-state index contributed by atoms with van der Waals surface area (Å²) in [6.07, 6.45) is 0. The molecule has 0 aliphatic carbocycles. The van der Waals surface area contributed by atoms with Crippen LogP contribution in [0.25, 0.3) is 0 Å². The van der Waals surface area contributed by atoms with Crippen molar-refractivity contribution < 1.29 is 19.1 Å². The normalized spacial score (nSPS) is 20.4. The van der Waals surface area contributed by atoms with Gasteiger partial charge in [-0.1, -0.05) is 30.3 Å². The summed E-state index contributed by atoms with van der Waals surface area (Å²) in [5, 5.41) is 5.62. The Hall–Kier alpha value is -2.87. The molecule has 0 aromatic heterocycles. The molecule has 0 bridgehead atoms. The predicted octanol–water partition coefficient (Wildman–Crippen LogP) is 1.02. The second-order valence-electron chi connectivity index (χ2n) is 6.84. The second kappa shape index (κ2) is 8.88. The molecule has 3 rings (SSSR count). The molecule has 2 aliphatic rings. The van der Waals surface area contributed by atoms with E-state index in [1.54, 1.807) is 18.7 Å². The summed E-state index contributed by atoms with van der Waals surface area (Å²) in [4.78, 5) is 40.5. The maximum atomic E-state index is 12.7. The fraction of sp³-hybridized carbons (Fsp3) is 0.450. The highest BCUT2D eigenvalue weighted by molar-refractivity contribution is 5.95. The molecule has 150 valence electrons. The third-order valence-corrected chi connectivity index (χ3v) is 4.98. The van der Waals surface area contributed by atoms with Crippen molar-refractivity contribution in [3.63, 3.8) is 0 Å². The maximum Gasteiger partial charge on any atom is 0.338 e. The molecular weight excluding hydrogens is 360 g/mol. The summed E-state index contributed by atoms with van der Waals surface area (Å²) in [6, 6.07) is 8.45. The Morgan fingerprint density at radius 1 is 1.14 bits per heavy atom. The van der Waals surface area contributed by atoms with E-state index in [9.17, 15) is 14.4 Å². The Kier molecular flexibility index (Phi) is 6.30. The van der Waals surface area contributed by atoms with Crippen LogP contribution >= 0.6 is 0 Å². The van der Waals surface area contributed by atoms with Gasteiger partial charge in [0.1, 0.15) is 0 Å². The first-order valence-electron chi connectivity index (χ1n) is 9.50. The first-order valence-corrected chi connectivity index (χ1v) is 9.50. The second-order valence-corrected chi connectivity index (χ2v) is 6.84. The quantitative estimate of drug-likeness (QED) is 0.738. The molecule has 28 heavy (non-hydrogen) atoms. The molecule has 1 saturated heterocycles. The molecule has 1 fully saturated rings. The van der Waals surface area contributed by atoms with Crippen LogP contribution in [-0.2, 0) is 14.3 Å². The zero-order chi connectivity index (χ0) is 20.1. The molecular formula is C20H26N4O4. The molecule has 0 spiro atoms. The number of esters is 1. The fourth-order valence-electron chi connectivity index (χ4n) is 3.53.